The van der Waals surface area contributed by atoms with Crippen LogP contribution in [0.25, 0.3) is 11.3 Å². The Kier molecular flexibility index (Phi) is 8.68. The second-order valence-electron chi connectivity index (χ2n) is 9.86. The molecule has 1 amide bonds. The largest absolute Gasteiger partial charge is 0.389 e. The first-order valence-corrected chi connectivity index (χ1v) is 12.8. The van der Waals surface area contributed by atoms with Crippen molar-refractivity contribution < 1.29 is 9.90 Å². The molecule has 0 spiro atoms. The van der Waals surface area contributed by atoms with E-state index in [-0.39, 0.29) is 5.91 Å². The van der Waals surface area contributed by atoms with E-state index in [0.717, 1.165) is 73.8 Å². The Balaban J connectivity index is 1.37. The summed E-state index contributed by atoms with van der Waals surface area (Å²) in [5.41, 5.74) is 3.00. The number of carbonyl (C=O) groups is 1. The number of nitrogens with zero attached hydrogens (tertiary/aromatic N) is 5. The Morgan fingerprint density at radius 2 is 1.92 bits per heavy atom. The number of nitrogens with one attached hydrogen (secondary N) is 2. The summed E-state index contributed by atoms with van der Waals surface area (Å²) in [6.07, 6.45) is 6.57. The lowest BCUT2D eigenvalue weighted by atomic mass is 9.86. The normalized spacial score (nSPS) is 14.7. The van der Waals surface area contributed by atoms with E-state index < -0.39 is 5.60 Å². The minimum atomic E-state index is -0.654. The van der Waals surface area contributed by atoms with Crippen LogP contribution in [-0.2, 0) is 11.2 Å². The smallest absolute Gasteiger partial charge is 0.227 e. The molecule has 4 rings (SSSR count). The van der Waals surface area contributed by atoms with Crippen LogP contribution in [0.15, 0.2) is 54.9 Å². The summed E-state index contributed by atoms with van der Waals surface area (Å²) in [7, 11) is 3.82. The van der Waals surface area contributed by atoms with Crippen LogP contribution in [0.1, 0.15) is 31.7 Å². The van der Waals surface area contributed by atoms with Crippen molar-refractivity contribution in [3.8, 4) is 11.3 Å². The molecule has 3 N–H and O–H groups in total. The van der Waals surface area contributed by atoms with Crippen LogP contribution >= 0.6 is 0 Å². The molecule has 0 radical (unpaired) electrons. The first kappa shape index (κ1) is 26.5. The molecule has 1 fully saturated rings. The molecule has 3 aromatic rings. The molecule has 1 saturated heterocycles. The highest BCUT2D eigenvalue weighted by atomic mass is 16.3. The van der Waals surface area contributed by atoms with Crippen LogP contribution in [-0.4, -0.2) is 76.7 Å². The van der Waals surface area contributed by atoms with Crippen molar-refractivity contribution in [2.45, 2.75) is 38.2 Å². The van der Waals surface area contributed by atoms with Crippen LogP contribution < -0.4 is 15.5 Å². The average molecular weight is 504 g/mol. The minimum absolute atomic E-state index is 0.0762. The van der Waals surface area contributed by atoms with E-state index in [1.165, 1.54) is 0 Å². The van der Waals surface area contributed by atoms with Gasteiger partial charge in [-0.15, -0.1) is 0 Å². The molecule has 0 aliphatic carbocycles. The maximum atomic E-state index is 11.4. The van der Waals surface area contributed by atoms with Crippen LogP contribution in [0, 0.1) is 0 Å². The molecule has 0 unspecified atom stereocenters. The molecule has 196 valence electrons. The van der Waals surface area contributed by atoms with Crippen LogP contribution in [0.4, 0.5) is 17.5 Å². The van der Waals surface area contributed by atoms with Gasteiger partial charge in [0.25, 0.3) is 0 Å². The van der Waals surface area contributed by atoms with Crippen molar-refractivity contribution in [1.82, 2.24) is 25.2 Å². The van der Waals surface area contributed by atoms with Gasteiger partial charge in [0.2, 0.25) is 11.9 Å². The average Bonchev–Trinajstić information content (AvgIpc) is 2.89. The maximum absolute atomic E-state index is 11.4. The Morgan fingerprint density at radius 3 is 2.65 bits per heavy atom. The molecule has 3 heterocycles. The van der Waals surface area contributed by atoms with Crippen LogP contribution in [0.3, 0.4) is 0 Å². The van der Waals surface area contributed by atoms with E-state index >= 15 is 0 Å². The van der Waals surface area contributed by atoms with Crippen molar-refractivity contribution in [3.63, 3.8) is 0 Å². The molecule has 1 aliphatic rings. The van der Waals surface area contributed by atoms with Gasteiger partial charge in [0.1, 0.15) is 5.82 Å². The van der Waals surface area contributed by atoms with E-state index in [2.05, 4.69) is 36.6 Å². The van der Waals surface area contributed by atoms with Gasteiger partial charge in [-0.2, -0.15) is 0 Å². The van der Waals surface area contributed by atoms with Crippen molar-refractivity contribution >= 4 is 23.4 Å². The lowest BCUT2D eigenvalue weighted by Crippen LogP contribution is -2.43. The number of piperidine rings is 1. The Bertz CT molecular complexity index is 1180. The van der Waals surface area contributed by atoms with Gasteiger partial charge >= 0.3 is 0 Å². The number of hydrogen-bond acceptors (Lipinski definition) is 8. The topological polar surface area (TPSA) is 107 Å². The van der Waals surface area contributed by atoms with E-state index in [1.54, 1.807) is 18.0 Å². The van der Waals surface area contributed by atoms with E-state index in [1.807, 2.05) is 56.7 Å². The highest BCUT2D eigenvalue weighted by Gasteiger charge is 2.29. The minimum Gasteiger partial charge on any atom is -0.389 e. The van der Waals surface area contributed by atoms with Gasteiger partial charge in [-0.05, 0) is 68.2 Å². The second-order valence-corrected chi connectivity index (χ2v) is 9.86. The predicted octanol–water partition coefficient (Wildman–Crippen LogP) is 3.24. The van der Waals surface area contributed by atoms with Crippen molar-refractivity contribution in [3.05, 3.63) is 60.4 Å². The number of aliphatic hydroxyl groups is 1. The highest BCUT2D eigenvalue weighted by Crippen LogP contribution is 2.26. The van der Waals surface area contributed by atoms with Gasteiger partial charge in [0.05, 0.1) is 11.3 Å². The molecular weight excluding hydrogens is 466 g/mol. The first-order valence-electron chi connectivity index (χ1n) is 12.8. The Hall–Kier alpha value is -3.56. The fraction of sp³-hybridized carbons (Fsp3) is 0.429. The highest BCUT2D eigenvalue weighted by molar-refractivity contribution is 5.72. The van der Waals surface area contributed by atoms with Crippen LogP contribution in [0.2, 0.25) is 0 Å². The third-order valence-electron chi connectivity index (χ3n) is 6.87. The fourth-order valence-corrected chi connectivity index (χ4v) is 4.50. The Labute approximate surface area is 219 Å². The Morgan fingerprint density at radius 1 is 1.11 bits per heavy atom. The van der Waals surface area contributed by atoms with Crippen molar-refractivity contribution in [2.24, 2.45) is 0 Å². The molecule has 1 aliphatic heterocycles. The first-order chi connectivity index (χ1) is 17.8. The quantitative estimate of drug-likeness (QED) is 0.387. The summed E-state index contributed by atoms with van der Waals surface area (Å²) >= 11 is 0. The third-order valence-corrected chi connectivity index (χ3v) is 6.87. The molecule has 9 nitrogen and oxygen atoms in total. The lowest BCUT2D eigenvalue weighted by molar-refractivity contribution is -0.127. The zero-order valence-corrected chi connectivity index (χ0v) is 21.9. The molecular formula is C28H37N7O2. The summed E-state index contributed by atoms with van der Waals surface area (Å²) in [6, 6.07) is 13.9. The predicted molar refractivity (Wildman–Crippen MR) is 147 cm³/mol. The van der Waals surface area contributed by atoms with Crippen molar-refractivity contribution in [1.29, 1.82) is 0 Å². The van der Waals surface area contributed by atoms with E-state index in [9.17, 15) is 9.90 Å². The number of benzene rings is 1. The molecule has 0 atom stereocenters. The van der Waals surface area contributed by atoms with Gasteiger partial charge in [0.15, 0.2) is 0 Å². The number of carbonyl (C=O) groups excluding carboxylic acids is 1. The molecule has 1 aromatic carbocycles. The van der Waals surface area contributed by atoms with Crippen molar-refractivity contribution in [2.75, 3.05) is 50.5 Å². The number of rotatable bonds is 10. The lowest BCUT2D eigenvalue weighted by Gasteiger charge is -2.32. The molecule has 2 aromatic heterocycles. The zero-order valence-electron chi connectivity index (χ0n) is 21.9. The molecule has 37 heavy (non-hydrogen) atoms. The monoisotopic (exact) mass is 503 g/mol. The maximum Gasteiger partial charge on any atom is 0.227 e. The number of anilines is 3. The van der Waals surface area contributed by atoms with E-state index in [0.29, 0.717) is 12.4 Å². The second kappa shape index (κ2) is 12.1. The summed E-state index contributed by atoms with van der Waals surface area (Å²) in [6.45, 7) is 4.80. The van der Waals surface area contributed by atoms with Gasteiger partial charge in [-0.3, -0.25) is 4.79 Å². The summed E-state index contributed by atoms with van der Waals surface area (Å²) in [4.78, 5) is 28.9. The molecule has 0 bridgehead atoms. The van der Waals surface area contributed by atoms with Gasteiger partial charge in [-0.25, -0.2) is 15.0 Å². The molecule has 9 heteroatoms. The number of pyridine rings is 1. The fourth-order valence-electron chi connectivity index (χ4n) is 4.50. The number of hydrogen-bond donors (Lipinski definition) is 3. The molecule has 0 saturated carbocycles. The summed E-state index contributed by atoms with van der Waals surface area (Å²) in [5, 5.41) is 17.5. The summed E-state index contributed by atoms with van der Waals surface area (Å²) in [5.74, 6) is 1.45. The van der Waals surface area contributed by atoms with Crippen LogP contribution in [0.5, 0.6) is 0 Å². The van der Waals surface area contributed by atoms with E-state index in [4.69, 9.17) is 0 Å². The van der Waals surface area contributed by atoms with Gasteiger partial charge in [-0.1, -0.05) is 12.1 Å². The summed E-state index contributed by atoms with van der Waals surface area (Å²) < 4.78 is 0. The number of amides is 1. The van der Waals surface area contributed by atoms with Gasteiger partial charge in [0, 0.05) is 64.2 Å². The third kappa shape index (κ3) is 7.47. The zero-order chi connectivity index (χ0) is 26.3. The standard InChI is InChI=1S/C28H37N7O2/c1-21(36)34(2)16-5-17-35(3)26-9-8-23(20-31-26)25-10-13-30-27(33-25)32-24-7-4-6-22(18-24)19-28(37)11-14-29-15-12-28/h4,6-10,13,18,20,29,37H,5,11-12,14-17,19H2,1-3H3,(H,30,32,33). The SMILES string of the molecule is CC(=O)N(C)CCCN(C)c1ccc(-c2ccnc(Nc3cccc(CC4(O)CCNCC4)c3)n2)cn1. The number of aromatic nitrogens is 3. The van der Waals surface area contributed by atoms with Gasteiger partial charge < -0.3 is 25.5 Å².